The average molecular weight is 313 g/mol. The van der Waals surface area contributed by atoms with Crippen molar-refractivity contribution in [1.82, 2.24) is 5.32 Å². The molecule has 0 radical (unpaired) electrons. The van der Waals surface area contributed by atoms with Crippen LogP contribution in [0.4, 0.5) is 0 Å². The van der Waals surface area contributed by atoms with E-state index in [-0.39, 0.29) is 18.1 Å². The highest BCUT2D eigenvalue weighted by Gasteiger charge is 2.62. The first-order chi connectivity index (χ1) is 10.2. The number of carbonyl (C=O) groups is 1. The molecular formula is C15H23NO6. The summed E-state index contributed by atoms with van der Waals surface area (Å²) in [5.41, 5.74) is 0. The Labute approximate surface area is 129 Å². The van der Waals surface area contributed by atoms with Gasteiger partial charge in [0.15, 0.2) is 24.0 Å². The second-order valence-corrected chi connectivity index (χ2v) is 7.37. The Morgan fingerprint density at radius 3 is 2.18 bits per heavy atom. The minimum atomic E-state index is -0.776. The fourth-order valence-corrected chi connectivity index (χ4v) is 3.33. The molecular weight excluding hydrogens is 290 g/mol. The van der Waals surface area contributed by atoms with Crippen LogP contribution in [-0.2, 0) is 28.5 Å². The first-order valence-electron chi connectivity index (χ1n) is 7.91. The highest BCUT2D eigenvalue weighted by atomic mass is 16.9. The monoisotopic (exact) mass is 313 g/mol. The first-order valence-corrected chi connectivity index (χ1v) is 7.91. The van der Waals surface area contributed by atoms with Crippen molar-refractivity contribution in [3.8, 4) is 0 Å². The quantitative estimate of drug-likeness (QED) is 0.807. The molecule has 1 amide bonds. The SMILES string of the molecule is CC1(C)OC2OC(C(=O)NC3CC3)C3OC(C)(C)OC3C2O1. The zero-order chi connectivity index (χ0) is 15.7. The second kappa shape index (κ2) is 4.64. The van der Waals surface area contributed by atoms with Crippen LogP contribution in [-0.4, -0.2) is 54.2 Å². The van der Waals surface area contributed by atoms with Gasteiger partial charge in [-0.05, 0) is 40.5 Å². The third-order valence-corrected chi connectivity index (χ3v) is 4.34. The summed E-state index contributed by atoms with van der Waals surface area (Å²) in [6.07, 6.45) is -0.595. The molecule has 0 aromatic heterocycles. The number of amides is 1. The molecule has 7 heteroatoms. The largest absolute Gasteiger partial charge is 0.351 e. The number of fused-ring (bicyclic) bond motifs is 3. The molecule has 3 saturated heterocycles. The van der Waals surface area contributed by atoms with Gasteiger partial charge in [0, 0.05) is 6.04 Å². The van der Waals surface area contributed by atoms with E-state index in [9.17, 15) is 4.79 Å². The van der Waals surface area contributed by atoms with Crippen molar-refractivity contribution < 1.29 is 28.5 Å². The number of rotatable bonds is 2. The van der Waals surface area contributed by atoms with Crippen LogP contribution in [0.1, 0.15) is 40.5 Å². The summed E-state index contributed by atoms with van der Waals surface area (Å²) in [4.78, 5) is 12.5. The highest BCUT2D eigenvalue weighted by molar-refractivity contribution is 5.82. The van der Waals surface area contributed by atoms with Crippen LogP contribution in [0.3, 0.4) is 0 Å². The number of ether oxygens (including phenoxy) is 5. The molecule has 0 bridgehead atoms. The normalized spacial score (nSPS) is 45.2. The molecule has 5 atom stereocenters. The Kier molecular flexibility index (Phi) is 3.13. The fraction of sp³-hybridized carbons (Fsp3) is 0.933. The average Bonchev–Trinajstić information content (AvgIpc) is 3.04. The van der Waals surface area contributed by atoms with Gasteiger partial charge in [0.25, 0.3) is 5.91 Å². The maximum absolute atomic E-state index is 12.5. The van der Waals surface area contributed by atoms with Gasteiger partial charge in [-0.2, -0.15) is 0 Å². The maximum atomic E-state index is 12.5. The molecule has 1 N–H and O–H groups in total. The van der Waals surface area contributed by atoms with E-state index in [0.717, 1.165) is 12.8 Å². The number of nitrogens with one attached hydrogen (secondary N) is 1. The van der Waals surface area contributed by atoms with E-state index in [1.807, 2.05) is 27.7 Å². The lowest BCUT2D eigenvalue weighted by atomic mass is 9.98. The van der Waals surface area contributed by atoms with Crippen LogP contribution >= 0.6 is 0 Å². The first kappa shape index (κ1) is 14.8. The zero-order valence-corrected chi connectivity index (χ0v) is 13.3. The predicted molar refractivity (Wildman–Crippen MR) is 73.7 cm³/mol. The molecule has 0 aromatic rings. The number of hydrogen-bond acceptors (Lipinski definition) is 6. The summed E-state index contributed by atoms with van der Waals surface area (Å²) in [5, 5.41) is 2.97. The molecule has 1 saturated carbocycles. The van der Waals surface area contributed by atoms with Crippen LogP contribution in [0.15, 0.2) is 0 Å². The molecule has 22 heavy (non-hydrogen) atoms. The maximum Gasteiger partial charge on any atom is 0.252 e. The highest BCUT2D eigenvalue weighted by Crippen LogP contribution is 2.44. The summed E-state index contributed by atoms with van der Waals surface area (Å²) >= 11 is 0. The third kappa shape index (κ3) is 2.55. The summed E-state index contributed by atoms with van der Waals surface area (Å²) in [7, 11) is 0. The Morgan fingerprint density at radius 2 is 1.50 bits per heavy atom. The van der Waals surface area contributed by atoms with Gasteiger partial charge >= 0.3 is 0 Å². The summed E-state index contributed by atoms with van der Waals surface area (Å²) < 4.78 is 29.4. The topological polar surface area (TPSA) is 75.3 Å². The minimum absolute atomic E-state index is 0.162. The number of hydrogen-bond donors (Lipinski definition) is 1. The summed E-state index contributed by atoms with van der Waals surface area (Å²) in [5.74, 6) is -1.70. The van der Waals surface area contributed by atoms with Gasteiger partial charge in [-0.25, -0.2) is 0 Å². The van der Waals surface area contributed by atoms with E-state index < -0.39 is 36.2 Å². The Morgan fingerprint density at radius 1 is 0.909 bits per heavy atom. The van der Waals surface area contributed by atoms with Crippen LogP contribution < -0.4 is 5.32 Å². The smallest absolute Gasteiger partial charge is 0.252 e. The number of carbonyl (C=O) groups excluding carboxylic acids is 1. The van der Waals surface area contributed by atoms with Crippen molar-refractivity contribution in [1.29, 1.82) is 0 Å². The van der Waals surface area contributed by atoms with Gasteiger partial charge in [-0.15, -0.1) is 0 Å². The van der Waals surface area contributed by atoms with E-state index >= 15 is 0 Å². The molecule has 5 unspecified atom stereocenters. The van der Waals surface area contributed by atoms with E-state index in [1.165, 1.54) is 0 Å². The molecule has 3 aliphatic heterocycles. The molecule has 4 fully saturated rings. The lowest BCUT2D eigenvalue weighted by molar-refractivity contribution is -0.231. The Balaban J connectivity index is 1.58. The van der Waals surface area contributed by atoms with Gasteiger partial charge in [-0.3, -0.25) is 4.79 Å². The lowest BCUT2D eigenvalue weighted by Gasteiger charge is -2.36. The second-order valence-electron chi connectivity index (χ2n) is 7.37. The van der Waals surface area contributed by atoms with Crippen LogP contribution in [0, 0.1) is 0 Å². The molecule has 4 aliphatic rings. The molecule has 0 spiro atoms. The van der Waals surface area contributed by atoms with Crippen LogP contribution in [0.2, 0.25) is 0 Å². The van der Waals surface area contributed by atoms with Crippen molar-refractivity contribution >= 4 is 5.91 Å². The van der Waals surface area contributed by atoms with E-state index in [2.05, 4.69) is 5.32 Å². The van der Waals surface area contributed by atoms with Crippen LogP contribution in [0.25, 0.3) is 0 Å². The lowest BCUT2D eigenvalue weighted by Crippen LogP contribution is -2.59. The Bertz CT molecular complexity index is 488. The molecule has 4 rings (SSSR count). The molecule has 1 aliphatic carbocycles. The van der Waals surface area contributed by atoms with E-state index in [4.69, 9.17) is 23.7 Å². The van der Waals surface area contributed by atoms with Crippen molar-refractivity contribution in [2.45, 2.75) is 88.9 Å². The van der Waals surface area contributed by atoms with Gasteiger partial charge < -0.3 is 29.0 Å². The molecule has 7 nitrogen and oxygen atoms in total. The third-order valence-electron chi connectivity index (χ3n) is 4.34. The Hall–Kier alpha value is -0.730. The minimum Gasteiger partial charge on any atom is -0.351 e. The van der Waals surface area contributed by atoms with Gasteiger partial charge in [-0.1, -0.05) is 0 Å². The van der Waals surface area contributed by atoms with Gasteiger partial charge in [0.2, 0.25) is 0 Å². The van der Waals surface area contributed by atoms with Crippen molar-refractivity contribution in [2.24, 2.45) is 0 Å². The van der Waals surface area contributed by atoms with E-state index in [0.29, 0.717) is 0 Å². The van der Waals surface area contributed by atoms with Crippen molar-refractivity contribution in [3.63, 3.8) is 0 Å². The van der Waals surface area contributed by atoms with Gasteiger partial charge in [0.05, 0.1) is 0 Å². The molecule has 3 heterocycles. The van der Waals surface area contributed by atoms with Gasteiger partial charge in [0.1, 0.15) is 18.3 Å². The van der Waals surface area contributed by atoms with Crippen molar-refractivity contribution in [2.75, 3.05) is 0 Å². The standard InChI is InChI=1S/C15H23NO6/c1-14(2)19-8-9(20-14)11-13(22-15(3,4)21-11)18-10(8)12(17)16-7-5-6-7/h7-11,13H,5-6H2,1-4H3,(H,16,17). The fourth-order valence-electron chi connectivity index (χ4n) is 3.33. The van der Waals surface area contributed by atoms with Crippen molar-refractivity contribution in [3.05, 3.63) is 0 Å². The summed E-state index contributed by atoms with van der Waals surface area (Å²) in [6.45, 7) is 7.31. The molecule has 0 aromatic carbocycles. The zero-order valence-electron chi connectivity index (χ0n) is 13.3. The molecule has 124 valence electrons. The van der Waals surface area contributed by atoms with Crippen LogP contribution in [0.5, 0.6) is 0 Å². The predicted octanol–water partition coefficient (Wildman–Crippen LogP) is 0.661. The summed E-state index contributed by atoms with van der Waals surface area (Å²) in [6, 6.07) is 0.264. The van der Waals surface area contributed by atoms with E-state index in [1.54, 1.807) is 0 Å².